The van der Waals surface area contributed by atoms with Gasteiger partial charge < -0.3 is 4.42 Å². The van der Waals surface area contributed by atoms with E-state index in [1.807, 2.05) is 0 Å². The molecule has 0 aliphatic carbocycles. The number of benzene rings is 1. The minimum atomic E-state index is -4.44. The van der Waals surface area contributed by atoms with Gasteiger partial charge in [0.15, 0.2) is 0 Å². The molecule has 3 nitrogen and oxygen atoms in total. The molecule has 0 atom stereocenters. The molecule has 21 heavy (non-hydrogen) atoms. The van der Waals surface area contributed by atoms with E-state index >= 15 is 0 Å². The summed E-state index contributed by atoms with van der Waals surface area (Å²) in [6, 6.07) is 11.1. The topological polar surface area (TPSA) is 31.0 Å². The van der Waals surface area contributed by atoms with Gasteiger partial charge in [0.1, 0.15) is 11.5 Å². The number of alkyl halides is 3. The molecule has 0 bridgehead atoms. The summed E-state index contributed by atoms with van der Waals surface area (Å²) in [5.41, 5.74) is 0.676. The lowest BCUT2D eigenvalue weighted by atomic mass is 10.1. The Balaban J connectivity index is 2.02. The van der Waals surface area contributed by atoms with E-state index in [9.17, 15) is 13.2 Å². The molecular weight excluding hydrogens is 281 g/mol. The third-order valence-corrected chi connectivity index (χ3v) is 3.04. The van der Waals surface area contributed by atoms with E-state index in [1.54, 1.807) is 42.7 Å². The molecule has 3 rings (SSSR count). The second kappa shape index (κ2) is 4.80. The first kappa shape index (κ1) is 13.5. The SMILES string of the molecule is Cc1cc(C(F)(F)F)n(-c2ccc(-c3ccco3)cc2)n1. The summed E-state index contributed by atoms with van der Waals surface area (Å²) < 4.78 is 45.1. The quantitative estimate of drug-likeness (QED) is 0.698. The van der Waals surface area contributed by atoms with Gasteiger partial charge >= 0.3 is 6.18 Å². The molecule has 2 heterocycles. The van der Waals surface area contributed by atoms with Crippen LogP contribution in [0.15, 0.2) is 53.1 Å². The average molecular weight is 292 g/mol. The van der Waals surface area contributed by atoms with Crippen LogP contribution >= 0.6 is 0 Å². The summed E-state index contributed by atoms with van der Waals surface area (Å²) >= 11 is 0. The van der Waals surface area contributed by atoms with Gasteiger partial charge in [-0.1, -0.05) is 0 Å². The standard InChI is InChI=1S/C15H11F3N2O/c1-10-9-14(15(16,17)18)20(19-10)12-6-4-11(5-7-12)13-3-2-8-21-13/h2-9H,1H3. The minimum Gasteiger partial charge on any atom is -0.464 e. The first-order chi connectivity index (χ1) is 9.95. The number of nitrogens with zero attached hydrogens (tertiary/aromatic N) is 2. The van der Waals surface area contributed by atoms with Gasteiger partial charge in [-0.05, 0) is 49.4 Å². The molecule has 0 spiro atoms. The maximum absolute atomic E-state index is 13.0. The number of rotatable bonds is 2. The van der Waals surface area contributed by atoms with Crippen molar-refractivity contribution in [2.45, 2.75) is 13.1 Å². The van der Waals surface area contributed by atoms with Crippen LogP contribution in [0.3, 0.4) is 0 Å². The zero-order chi connectivity index (χ0) is 15.0. The summed E-state index contributed by atoms with van der Waals surface area (Å²) in [5, 5.41) is 3.91. The van der Waals surface area contributed by atoms with Gasteiger partial charge in [0.25, 0.3) is 0 Å². The molecule has 6 heteroatoms. The van der Waals surface area contributed by atoms with E-state index in [1.165, 1.54) is 6.92 Å². The van der Waals surface area contributed by atoms with Crippen LogP contribution < -0.4 is 0 Å². The lowest BCUT2D eigenvalue weighted by Gasteiger charge is -2.10. The molecule has 0 radical (unpaired) electrons. The van der Waals surface area contributed by atoms with Gasteiger partial charge in [-0.25, -0.2) is 4.68 Å². The minimum absolute atomic E-state index is 0.317. The molecule has 0 saturated heterocycles. The van der Waals surface area contributed by atoms with E-state index in [-0.39, 0.29) is 0 Å². The normalized spacial score (nSPS) is 11.8. The Morgan fingerprint density at radius 1 is 1.10 bits per heavy atom. The Morgan fingerprint density at radius 2 is 1.81 bits per heavy atom. The molecule has 0 N–H and O–H groups in total. The van der Waals surface area contributed by atoms with Crippen LogP contribution in [0.5, 0.6) is 0 Å². The van der Waals surface area contributed by atoms with Crippen molar-refractivity contribution in [2.75, 3.05) is 0 Å². The van der Waals surface area contributed by atoms with Crippen molar-refractivity contribution in [3.05, 3.63) is 60.1 Å². The van der Waals surface area contributed by atoms with Gasteiger partial charge in [0, 0.05) is 5.56 Å². The molecule has 3 aromatic rings. The number of furan rings is 1. The third kappa shape index (κ3) is 2.56. The van der Waals surface area contributed by atoms with E-state index in [4.69, 9.17) is 4.42 Å². The highest BCUT2D eigenvalue weighted by atomic mass is 19.4. The maximum atomic E-state index is 13.0. The van der Waals surface area contributed by atoms with E-state index in [0.29, 0.717) is 17.1 Å². The maximum Gasteiger partial charge on any atom is 0.433 e. The molecule has 108 valence electrons. The highest BCUT2D eigenvalue weighted by Gasteiger charge is 2.35. The van der Waals surface area contributed by atoms with Crippen LogP contribution in [0.2, 0.25) is 0 Å². The van der Waals surface area contributed by atoms with Crippen molar-refractivity contribution in [1.82, 2.24) is 9.78 Å². The van der Waals surface area contributed by atoms with Crippen molar-refractivity contribution in [3.8, 4) is 17.0 Å². The van der Waals surface area contributed by atoms with Gasteiger partial charge in [-0.2, -0.15) is 18.3 Å². The Labute approximate surface area is 118 Å². The lowest BCUT2D eigenvalue weighted by Crippen LogP contribution is -2.13. The molecule has 0 unspecified atom stereocenters. The fraction of sp³-hybridized carbons (Fsp3) is 0.133. The van der Waals surface area contributed by atoms with Gasteiger partial charge in [0.05, 0.1) is 17.6 Å². The second-order valence-corrected chi connectivity index (χ2v) is 4.60. The first-order valence-electron chi connectivity index (χ1n) is 6.23. The highest BCUT2D eigenvalue weighted by Crippen LogP contribution is 2.32. The molecule has 0 saturated carbocycles. The zero-order valence-electron chi connectivity index (χ0n) is 11.1. The fourth-order valence-corrected chi connectivity index (χ4v) is 2.11. The van der Waals surface area contributed by atoms with Crippen LogP contribution in [0.4, 0.5) is 13.2 Å². The van der Waals surface area contributed by atoms with Crippen LogP contribution in [0.1, 0.15) is 11.4 Å². The number of halogens is 3. The molecule has 0 fully saturated rings. The highest BCUT2D eigenvalue weighted by molar-refractivity contribution is 5.59. The van der Waals surface area contributed by atoms with Crippen molar-refractivity contribution >= 4 is 0 Å². The summed E-state index contributed by atoms with van der Waals surface area (Å²) in [4.78, 5) is 0. The largest absolute Gasteiger partial charge is 0.464 e. The van der Waals surface area contributed by atoms with E-state index in [0.717, 1.165) is 16.3 Å². The summed E-state index contributed by atoms with van der Waals surface area (Å²) in [6.07, 6.45) is -2.90. The Hall–Kier alpha value is -2.50. The smallest absolute Gasteiger partial charge is 0.433 e. The van der Waals surface area contributed by atoms with Crippen LogP contribution in [0.25, 0.3) is 17.0 Å². The summed E-state index contributed by atoms with van der Waals surface area (Å²) in [7, 11) is 0. The predicted octanol–water partition coefficient (Wildman–Crippen LogP) is 4.46. The van der Waals surface area contributed by atoms with Gasteiger partial charge in [0.2, 0.25) is 0 Å². The van der Waals surface area contributed by atoms with E-state index < -0.39 is 11.9 Å². The fourth-order valence-electron chi connectivity index (χ4n) is 2.11. The summed E-state index contributed by atoms with van der Waals surface area (Å²) in [5.74, 6) is 0.661. The van der Waals surface area contributed by atoms with E-state index in [2.05, 4.69) is 5.10 Å². The Kier molecular flexibility index (Phi) is 3.08. The number of hydrogen-bond acceptors (Lipinski definition) is 2. The molecule has 1 aromatic carbocycles. The average Bonchev–Trinajstić information content (AvgIpc) is 3.07. The van der Waals surface area contributed by atoms with Crippen molar-refractivity contribution in [2.24, 2.45) is 0 Å². The van der Waals surface area contributed by atoms with Crippen LogP contribution in [-0.4, -0.2) is 9.78 Å². The van der Waals surface area contributed by atoms with Crippen molar-refractivity contribution in [1.29, 1.82) is 0 Å². The Bertz CT molecular complexity index is 740. The zero-order valence-corrected chi connectivity index (χ0v) is 11.1. The third-order valence-electron chi connectivity index (χ3n) is 3.04. The predicted molar refractivity (Wildman–Crippen MR) is 71.0 cm³/mol. The first-order valence-corrected chi connectivity index (χ1v) is 6.23. The van der Waals surface area contributed by atoms with Crippen molar-refractivity contribution in [3.63, 3.8) is 0 Å². The monoisotopic (exact) mass is 292 g/mol. The molecule has 0 aliphatic rings. The second-order valence-electron chi connectivity index (χ2n) is 4.60. The summed E-state index contributed by atoms with van der Waals surface area (Å²) in [6.45, 7) is 1.53. The van der Waals surface area contributed by atoms with Gasteiger partial charge in [-0.15, -0.1) is 0 Å². The number of aryl methyl sites for hydroxylation is 1. The van der Waals surface area contributed by atoms with Crippen LogP contribution in [-0.2, 0) is 6.18 Å². The lowest BCUT2D eigenvalue weighted by molar-refractivity contribution is -0.142. The Morgan fingerprint density at radius 3 is 2.38 bits per heavy atom. The number of hydrogen-bond donors (Lipinski definition) is 0. The van der Waals surface area contributed by atoms with Crippen molar-refractivity contribution < 1.29 is 17.6 Å². The number of aromatic nitrogens is 2. The molecular formula is C15H11F3N2O. The molecule has 2 aromatic heterocycles. The van der Waals surface area contributed by atoms with Gasteiger partial charge in [-0.3, -0.25) is 0 Å². The van der Waals surface area contributed by atoms with Crippen LogP contribution in [0, 0.1) is 6.92 Å². The molecule has 0 amide bonds. The molecule has 0 aliphatic heterocycles.